The van der Waals surface area contributed by atoms with Gasteiger partial charge in [-0.05, 0) is 126 Å². The minimum absolute atomic E-state index is 0.233. The number of benzene rings is 8. The zero-order valence-electron chi connectivity index (χ0n) is 36.6. The van der Waals surface area contributed by atoms with Crippen molar-refractivity contribution < 1.29 is 8.83 Å². The van der Waals surface area contributed by atoms with Gasteiger partial charge in [-0.15, -0.1) is 0 Å². The fourth-order valence-corrected chi connectivity index (χ4v) is 9.59. The van der Waals surface area contributed by atoms with Gasteiger partial charge in [-0.25, -0.2) is 0 Å². The quantitative estimate of drug-likeness (QED) is 0.168. The summed E-state index contributed by atoms with van der Waals surface area (Å²) in [6.45, 7) is 20.4. The van der Waals surface area contributed by atoms with E-state index in [9.17, 15) is 0 Å². The summed E-state index contributed by atoms with van der Waals surface area (Å²) in [5.41, 5.74) is 15.8. The number of rotatable bonds is 6. The van der Waals surface area contributed by atoms with E-state index in [2.05, 4.69) is 224 Å². The summed E-state index contributed by atoms with van der Waals surface area (Å²) in [6, 6.07) is 54.5. The van der Waals surface area contributed by atoms with Gasteiger partial charge in [0, 0.05) is 78.9 Å². The molecule has 0 fully saturated rings. The predicted molar refractivity (Wildman–Crippen MR) is 259 cm³/mol. The molecule has 0 aliphatic carbocycles. The molecule has 0 saturated heterocycles. The van der Waals surface area contributed by atoms with Crippen LogP contribution in [0.4, 0.5) is 34.1 Å². The summed E-state index contributed by atoms with van der Waals surface area (Å²) in [5.74, 6) is 0. The van der Waals surface area contributed by atoms with E-state index < -0.39 is 0 Å². The van der Waals surface area contributed by atoms with Crippen LogP contribution in [0.3, 0.4) is 0 Å². The number of para-hydroxylation sites is 4. The van der Waals surface area contributed by atoms with Crippen molar-refractivity contribution in [1.29, 1.82) is 0 Å². The molecule has 0 aliphatic rings. The molecule has 2 heterocycles. The Morgan fingerprint density at radius 2 is 0.721 bits per heavy atom. The Morgan fingerprint density at radius 1 is 0.344 bits per heavy atom. The van der Waals surface area contributed by atoms with E-state index in [0.29, 0.717) is 0 Å². The molecule has 0 aliphatic heterocycles. The fraction of sp³-hybridized carbons (Fsp3) is 0.193. The SMILES string of the molecule is Cc1ccccc1N(c1ccccc1)c1ccc2c(c1)oc1c(C(C)(C)C)c3cc4c(oc5cc(N(c6ccccc6C)c6ccccc6C)ccc54)c(C(C)(C)C)c3cc12. The fourth-order valence-electron chi connectivity index (χ4n) is 9.59. The van der Waals surface area contributed by atoms with Crippen molar-refractivity contribution in [2.75, 3.05) is 9.80 Å². The molecule has 4 nitrogen and oxygen atoms in total. The second-order valence-electron chi connectivity index (χ2n) is 18.8. The van der Waals surface area contributed by atoms with Crippen molar-refractivity contribution in [3.63, 3.8) is 0 Å². The lowest BCUT2D eigenvalue weighted by Gasteiger charge is -2.28. The Balaban J connectivity index is 1.22. The molecule has 0 unspecified atom stereocenters. The molecule has 0 radical (unpaired) electrons. The van der Waals surface area contributed by atoms with Crippen LogP contribution in [0.25, 0.3) is 54.6 Å². The molecule has 10 rings (SSSR count). The van der Waals surface area contributed by atoms with Crippen LogP contribution in [0.1, 0.15) is 69.4 Å². The summed E-state index contributed by atoms with van der Waals surface area (Å²) in [4.78, 5) is 4.69. The van der Waals surface area contributed by atoms with E-state index in [1.54, 1.807) is 0 Å². The van der Waals surface area contributed by atoms with E-state index in [0.717, 1.165) is 78.0 Å². The Bertz CT molecular complexity index is 3270. The van der Waals surface area contributed by atoms with Crippen LogP contribution in [0.5, 0.6) is 0 Å². The van der Waals surface area contributed by atoms with Crippen LogP contribution in [0.15, 0.2) is 160 Å². The summed E-state index contributed by atoms with van der Waals surface area (Å²) in [5, 5.41) is 6.86. The number of nitrogens with zero attached hydrogens (tertiary/aromatic N) is 2. The zero-order chi connectivity index (χ0) is 42.4. The summed E-state index contributed by atoms with van der Waals surface area (Å²) in [7, 11) is 0. The van der Waals surface area contributed by atoms with Crippen LogP contribution in [-0.2, 0) is 10.8 Å². The maximum atomic E-state index is 7.13. The predicted octanol–water partition coefficient (Wildman–Crippen LogP) is 17.1. The van der Waals surface area contributed by atoms with E-state index in [1.165, 1.54) is 38.6 Å². The Labute approximate surface area is 358 Å². The lowest BCUT2D eigenvalue weighted by atomic mass is 9.77. The minimum atomic E-state index is -0.234. The van der Waals surface area contributed by atoms with E-state index in [1.807, 2.05) is 0 Å². The van der Waals surface area contributed by atoms with Gasteiger partial charge >= 0.3 is 0 Å². The van der Waals surface area contributed by atoms with Crippen molar-refractivity contribution in [2.45, 2.75) is 73.1 Å². The van der Waals surface area contributed by atoms with Gasteiger partial charge in [-0.1, -0.05) is 114 Å². The van der Waals surface area contributed by atoms with Gasteiger partial charge in [0.25, 0.3) is 0 Å². The second-order valence-corrected chi connectivity index (χ2v) is 18.8. The third-order valence-electron chi connectivity index (χ3n) is 12.4. The van der Waals surface area contributed by atoms with Crippen molar-refractivity contribution >= 4 is 88.8 Å². The van der Waals surface area contributed by atoms with Crippen molar-refractivity contribution in [2.24, 2.45) is 0 Å². The number of hydrogen-bond acceptors (Lipinski definition) is 4. The van der Waals surface area contributed by atoms with Gasteiger partial charge in [-0.3, -0.25) is 0 Å². The first-order chi connectivity index (χ1) is 29.3. The first-order valence-electron chi connectivity index (χ1n) is 21.4. The Hall–Kier alpha value is -6.78. The Kier molecular flexibility index (Phi) is 8.92. The topological polar surface area (TPSA) is 32.8 Å². The number of fused-ring (bicyclic) bond motifs is 7. The van der Waals surface area contributed by atoms with Crippen LogP contribution >= 0.6 is 0 Å². The highest BCUT2D eigenvalue weighted by Gasteiger charge is 2.31. The molecule has 0 N–H and O–H groups in total. The van der Waals surface area contributed by atoms with Crippen LogP contribution in [0, 0.1) is 20.8 Å². The Morgan fingerprint density at radius 3 is 1.13 bits per heavy atom. The largest absolute Gasteiger partial charge is 0.456 e. The molecule has 10 aromatic rings. The third kappa shape index (κ3) is 6.36. The summed E-state index contributed by atoms with van der Waals surface area (Å²) < 4.78 is 14.2. The molecule has 4 heteroatoms. The third-order valence-corrected chi connectivity index (χ3v) is 12.4. The molecular formula is C57H52N2O2. The standard InChI is InChI=1S/C57H52N2O2/c1-35-19-13-16-24-47(35)58(38-22-11-10-12-23-38)39-27-29-41-45-33-43-44(52(56(4,5)6)54(45)60-50(41)31-39)34-46-42-30-28-40(32-51(42)61-55(46)53(43)57(7,8)9)59(48-25-17-14-20-36(48)2)49-26-18-15-21-37(49)3/h10-34H,1-9H3. The maximum Gasteiger partial charge on any atom is 0.139 e. The summed E-state index contributed by atoms with van der Waals surface area (Å²) in [6.07, 6.45) is 0. The van der Waals surface area contributed by atoms with Crippen molar-refractivity contribution in [1.82, 2.24) is 0 Å². The molecule has 61 heavy (non-hydrogen) atoms. The average Bonchev–Trinajstić information content (AvgIpc) is 3.77. The van der Waals surface area contributed by atoms with Crippen LogP contribution < -0.4 is 9.80 Å². The lowest BCUT2D eigenvalue weighted by molar-refractivity contribution is 0.573. The number of furan rings is 2. The van der Waals surface area contributed by atoms with Crippen LogP contribution in [0.2, 0.25) is 0 Å². The number of anilines is 6. The molecule has 0 amide bonds. The van der Waals surface area contributed by atoms with Gasteiger partial charge < -0.3 is 18.6 Å². The maximum absolute atomic E-state index is 7.13. The first kappa shape index (κ1) is 38.4. The molecule has 2 aromatic heterocycles. The van der Waals surface area contributed by atoms with Gasteiger partial charge in [0.2, 0.25) is 0 Å². The highest BCUT2D eigenvalue weighted by Crippen LogP contribution is 2.50. The first-order valence-corrected chi connectivity index (χ1v) is 21.4. The highest BCUT2D eigenvalue weighted by atomic mass is 16.3. The average molecular weight is 797 g/mol. The monoisotopic (exact) mass is 796 g/mol. The van der Waals surface area contributed by atoms with Crippen molar-refractivity contribution in [3.8, 4) is 0 Å². The molecule has 0 bridgehead atoms. The zero-order valence-corrected chi connectivity index (χ0v) is 36.6. The molecule has 0 spiro atoms. The highest BCUT2D eigenvalue weighted by molar-refractivity contribution is 6.19. The number of hydrogen-bond donors (Lipinski definition) is 0. The lowest BCUT2D eigenvalue weighted by Crippen LogP contribution is -2.15. The molecular weight excluding hydrogens is 745 g/mol. The van der Waals surface area contributed by atoms with E-state index in [-0.39, 0.29) is 10.8 Å². The molecule has 8 aromatic carbocycles. The summed E-state index contributed by atoms with van der Waals surface area (Å²) >= 11 is 0. The smallest absolute Gasteiger partial charge is 0.139 e. The normalized spacial score (nSPS) is 12.3. The molecule has 302 valence electrons. The second kappa shape index (κ2) is 14.2. The van der Waals surface area contributed by atoms with Crippen molar-refractivity contribution in [3.05, 3.63) is 179 Å². The molecule has 0 atom stereocenters. The van der Waals surface area contributed by atoms with Crippen LogP contribution in [-0.4, -0.2) is 0 Å². The van der Waals surface area contributed by atoms with Gasteiger partial charge in [0.05, 0.1) is 0 Å². The minimum Gasteiger partial charge on any atom is -0.456 e. The van der Waals surface area contributed by atoms with Gasteiger partial charge in [0.1, 0.15) is 22.3 Å². The molecule has 0 saturated carbocycles. The van der Waals surface area contributed by atoms with E-state index in [4.69, 9.17) is 8.83 Å². The van der Waals surface area contributed by atoms with E-state index >= 15 is 0 Å². The number of aryl methyl sites for hydroxylation is 3. The van der Waals surface area contributed by atoms with Gasteiger partial charge in [-0.2, -0.15) is 0 Å². The van der Waals surface area contributed by atoms with Gasteiger partial charge in [0.15, 0.2) is 0 Å².